The predicted molar refractivity (Wildman–Crippen MR) is 44.9 cm³/mol. The van der Waals surface area contributed by atoms with Gasteiger partial charge in [0.05, 0.1) is 5.71 Å². The molecule has 1 rings (SSSR count). The van der Waals surface area contributed by atoms with Crippen molar-refractivity contribution in [1.29, 1.82) is 0 Å². The molecular weight excluding hydrogens is 156 g/mol. The molecule has 2 amide bonds. The molecule has 0 saturated heterocycles. The molecule has 12 heavy (non-hydrogen) atoms. The smallest absolute Gasteiger partial charge is 0.338 e. The number of carbonyl (C=O) groups excluding carboxylic acids is 2. The number of carbonyl (C=O) groups is 2. The van der Waals surface area contributed by atoms with Crippen molar-refractivity contribution >= 4 is 17.5 Å². The minimum Gasteiger partial charge on any atom is -0.350 e. The summed E-state index contributed by atoms with van der Waals surface area (Å²) in [6.45, 7) is 1.70. The maximum Gasteiger partial charge on any atom is 0.338 e. The zero-order chi connectivity index (χ0) is 9.14. The Morgan fingerprint density at radius 1 is 1.50 bits per heavy atom. The molecule has 4 nitrogen and oxygen atoms in total. The van der Waals surface area contributed by atoms with E-state index in [0.717, 1.165) is 0 Å². The molecule has 0 heterocycles. The number of rotatable bonds is 0. The fraction of sp³-hybridized carbons (Fsp3) is 0.125. The quantitative estimate of drug-likeness (QED) is 0.532. The highest BCUT2D eigenvalue weighted by Gasteiger charge is 2.07. The Balaban J connectivity index is 2.97. The van der Waals surface area contributed by atoms with Crippen LogP contribution in [0.4, 0.5) is 4.79 Å². The van der Waals surface area contributed by atoms with Gasteiger partial charge in [0.25, 0.3) is 0 Å². The number of hydrogen-bond acceptors (Lipinski definition) is 2. The number of ketones is 1. The summed E-state index contributed by atoms with van der Waals surface area (Å²) >= 11 is 0. The van der Waals surface area contributed by atoms with E-state index in [1.54, 1.807) is 6.92 Å². The van der Waals surface area contributed by atoms with Crippen LogP contribution in [0.15, 0.2) is 28.8 Å². The highest BCUT2D eigenvalue weighted by atomic mass is 16.2. The van der Waals surface area contributed by atoms with Crippen LogP contribution in [0.3, 0.4) is 0 Å². The second-order valence-electron chi connectivity index (χ2n) is 2.40. The van der Waals surface area contributed by atoms with E-state index in [2.05, 4.69) is 4.99 Å². The summed E-state index contributed by atoms with van der Waals surface area (Å²) in [5.74, 6) is -0.101. The molecule has 62 valence electrons. The fourth-order valence-corrected chi connectivity index (χ4v) is 0.872. The van der Waals surface area contributed by atoms with Gasteiger partial charge >= 0.3 is 6.03 Å². The number of nitrogens with zero attached hydrogens (tertiary/aromatic N) is 1. The Morgan fingerprint density at radius 3 is 2.67 bits per heavy atom. The van der Waals surface area contributed by atoms with E-state index in [0.29, 0.717) is 11.3 Å². The molecule has 0 fully saturated rings. The van der Waals surface area contributed by atoms with Crippen LogP contribution in [0.1, 0.15) is 6.92 Å². The number of nitrogens with two attached hydrogens (primary N) is 1. The van der Waals surface area contributed by atoms with Crippen molar-refractivity contribution in [2.75, 3.05) is 0 Å². The first-order valence-corrected chi connectivity index (χ1v) is 3.38. The molecule has 0 aromatic rings. The molecule has 0 aliphatic heterocycles. The first-order chi connectivity index (χ1) is 5.59. The van der Waals surface area contributed by atoms with Gasteiger partial charge in [0.15, 0.2) is 5.78 Å². The third kappa shape index (κ3) is 1.88. The monoisotopic (exact) mass is 164 g/mol. The van der Waals surface area contributed by atoms with Crippen LogP contribution >= 0.6 is 0 Å². The summed E-state index contributed by atoms with van der Waals surface area (Å²) in [7, 11) is 0. The number of hydrogen-bond donors (Lipinski definition) is 1. The van der Waals surface area contributed by atoms with Gasteiger partial charge in [-0.15, -0.1) is 0 Å². The van der Waals surface area contributed by atoms with E-state index in [1.165, 1.54) is 18.2 Å². The summed E-state index contributed by atoms with van der Waals surface area (Å²) in [6.07, 6.45) is 4.22. The van der Waals surface area contributed by atoms with E-state index < -0.39 is 6.03 Å². The summed E-state index contributed by atoms with van der Waals surface area (Å²) in [5.41, 5.74) is 5.95. The van der Waals surface area contributed by atoms with Crippen molar-refractivity contribution < 1.29 is 9.59 Å². The van der Waals surface area contributed by atoms with Gasteiger partial charge in [-0.25, -0.2) is 4.79 Å². The molecule has 2 N–H and O–H groups in total. The second kappa shape index (κ2) is 3.13. The lowest BCUT2D eigenvalue weighted by Crippen LogP contribution is -2.12. The number of urea groups is 1. The van der Waals surface area contributed by atoms with Crippen LogP contribution in [0.2, 0.25) is 0 Å². The molecule has 1 aliphatic carbocycles. The fourth-order valence-electron chi connectivity index (χ4n) is 0.872. The number of allylic oxidation sites excluding steroid dienone is 4. The molecule has 0 radical (unpaired) electrons. The highest BCUT2D eigenvalue weighted by Crippen LogP contribution is 2.05. The molecule has 0 unspecified atom stereocenters. The van der Waals surface area contributed by atoms with Crippen LogP contribution in [-0.4, -0.2) is 17.5 Å². The van der Waals surface area contributed by atoms with Gasteiger partial charge in [-0.2, -0.15) is 4.99 Å². The van der Waals surface area contributed by atoms with Gasteiger partial charge < -0.3 is 5.73 Å². The SMILES string of the molecule is CC1=CC(=O)C=CC1=NC(N)=O. The average molecular weight is 164 g/mol. The minimum atomic E-state index is -0.753. The van der Waals surface area contributed by atoms with Gasteiger partial charge in [-0.3, -0.25) is 4.79 Å². The van der Waals surface area contributed by atoms with Crippen LogP contribution in [0, 0.1) is 0 Å². The van der Waals surface area contributed by atoms with Crippen LogP contribution in [-0.2, 0) is 4.79 Å². The third-order valence-electron chi connectivity index (χ3n) is 1.40. The van der Waals surface area contributed by atoms with Gasteiger partial charge in [0.2, 0.25) is 0 Å². The normalized spacial score (nSPS) is 19.6. The Labute approximate surface area is 69.5 Å². The standard InChI is InChI=1S/C8H8N2O2/c1-5-4-6(11)2-3-7(5)10-8(9)12/h2-4H,1H3,(H2,9,12). The van der Waals surface area contributed by atoms with Crippen molar-refractivity contribution in [3.63, 3.8) is 0 Å². The van der Waals surface area contributed by atoms with Gasteiger partial charge in [0, 0.05) is 0 Å². The summed E-state index contributed by atoms with van der Waals surface area (Å²) in [6, 6.07) is -0.753. The van der Waals surface area contributed by atoms with Gasteiger partial charge in [-0.1, -0.05) is 0 Å². The van der Waals surface area contributed by atoms with Crippen molar-refractivity contribution in [1.82, 2.24) is 0 Å². The predicted octanol–water partition coefficient (Wildman–Crippen LogP) is 0.591. The maximum atomic E-state index is 10.8. The Bertz CT molecular complexity index is 324. The van der Waals surface area contributed by atoms with E-state index in [9.17, 15) is 9.59 Å². The van der Waals surface area contributed by atoms with Gasteiger partial charge in [-0.05, 0) is 30.7 Å². The maximum absolute atomic E-state index is 10.8. The number of amides is 2. The molecule has 0 saturated carbocycles. The second-order valence-corrected chi connectivity index (χ2v) is 2.40. The number of primary amides is 1. The lowest BCUT2D eigenvalue weighted by atomic mass is 10.1. The lowest BCUT2D eigenvalue weighted by molar-refractivity contribution is -0.110. The van der Waals surface area contributed by atoms with E-state index >= 15 is 0 Å². The average Bonchev–Trinajstić information content (AvgIpc) is 1.94. The molecule has 0 spiro atoms. The van der Waals surface area contributed by atoms with E-state index in [1.807, 2.05) is 0 Å². The lowest BCUT2D eigenvalue weighted by Gasteiger charge is -2.03. The molecule has 0 aromatic heterocycles. The molecule has 0 atom stereocenters. The third-order valence-corrected chi connectivity index (χ3v) is 1.40. The van der Waals surface area contributed by atoms with Crippen LogP contribution in [0.25, 0.3) is 0 Å². The Kier molecular flexibility index (Phi) is 2.19. The van der Waals surface area contributed by atoms with Crippen molar-refractivity contribution in [2.24, 2.45) is 10.7 Å². The Morgan fingerprint density at radius 2 is 2.17 bits per heavy atom. The largest absolute Gasteiger partial charge is 0.350 e. The van der Waals surface area contributed by atoms with Gasteiger partial charge in [0.1, 0.15) is 0 Å². The zero-order valence-corrected chi connectivity index (χ0v) is 6.57. The van der Waals surface area contributed by atoms with E-state index in [-0.39, 0.29) is 5.78 Å². The zero-order valence-electron chi connectivity index (χ0n) is 6.57. The topological polar surface area (TPSA) is 72.5 Å². The molecular formula is C8H8N2O2. The molecule has 0 bridgehead atoms. The van der Waals surface area contributed by atoms with Crippen LogP contribution < -0.4 is 5.73 Å². The molecule has 1 aliphatic rings. The summed E-state index contributed by atoms with van der Waals surface area (Å²) in [4.78, 5) is 24.7. The Hall–Kier alpha value is -1.71. The van der Waals surface area contributed by atoms with Crippen molar-refractivity contribution in [2.45, 2.75) is 6.92 Å². The van der Waals surface area contributed by atoms with Crippen molar-refractivity contribution in [3.8, 4) is 0 Å². The minimum absolute atomic E-state index is 0.101. The first kappa shape index (κ1) is 8.39. The van der Waals surface area contributed by atoms with Crippen LogP contribution in [0.5, 0.6) is 0 Å². The van der Waals surface area contributed by atoms with E-state index in [4.69, 9.17) is 5.73 Å². The number of aliphatic imine (C=N–C) groups is 1. The molecule has 4 heteroatoms. The first-order valence-electron chi connectivity index (χ1n) is 3.38. The van der Waals surface area contributed by atoms with Crippen molar-refractivity contribution in [3.05, 3.63) is 23.8 Å². The summed E-state index contributed by atoms with van der Waals surface area (Å²) in [5, 5.41) is 0. The highest BCUT2D eigenvalue weighted by molar-refractivity contribution is 6.21. The summed E-state index contributed by atoms with van der Waals surface area (Å²) < 4.78 is 0. The molecule has 0 aromatic carbocycles.